The second kappa shape index (κ2) is 7.26. The van der Waals surface area contributed by atoms with Gasteiger partial charge in [-0.2, -0.15) is 0 Å². The van der Waals surface area contributed by atoms with Gasteiger partial charge in [0.05, 0.1) is 0 Å². The number of rotatable bonds is 5. The lowest BCUT2D eigenvalue weighted by Gasteiger charge is -1.94. The summed E-state index contributed by atoms with van der Waals surface area (Å²) in [4.78, 5) is 4.09. The predicted octanol–water partition coefficient (Wildman–Crippen LogP) is 2.99. The maximum atomic E-state index is 4.09. The van der Waals surface area contributed by atoms with Crippen LogP contribution in [0.1, 0.15) is 26.7 Å². The molecule has 0 aliphatic rings. The minimum Gasteiger partial charge on any atom is -0.293 e. The van der Waals surface area contributed by atoms with Crippen LogP contribution in [0.2, 0.25) is 0 Å². The van der Waals surface area contributed by atoms with E-state index in [1.165, 1.54) is 5.57 Å². The SMILES string of the molecule is C=C/C(=C\C=NCC)CCC. The molecule has 1 nitrogen and oxygen atoms in total. The fraction of sp³-hybridized carbons (Fsp3) is 0.500. The maximum absolute atomic E-state index is 4.09. The Labute approximate surface area is 69.5 Å². The van der Waals surface area contributed by atoms with E-state index in [2.05, 4.69) is 18.5 Å². The van der Waals surface area contributed by atoms with E-state index < -0.39 is 0 Å². The number of allylic oxidation sites excluding steroid dienone is 3. The largest absolute Gasteiger partial charge is 0.293 e. The molecule has 0 fully saturated rings. The quantitative estimate of drug-likeness (QED) is 0.423. The van der Waals surface area contributed by atoms with Crippen LogP contribution in [0.15, 0.2) is 29.3 Å². The molecule has 0 N–H and O–H groups in total. The Morgan fingerprint density at radius 2 is 2.18 bits per heavy atom. The molecule has 0 amide bonds. The molecule has 0 atom stereocenters. The molecule has 1 heteroatoms. The molecule has 0 saturated heterocycles. The fourth-order valence-electron chi connectivity index (χ4n) is 0.796. The summed E-state index contributed by atoms with van der Waals surface area (Å²) in [6, 6.07) is 0. The fourth-order valence-corrected chi connectivity index (χ4v) is 0.796. The molecule has 0 heterocycles. The smallest absolute Gasteiger partial charge is 0.0360 e. The van der Waals surface area contributed by atoms with Gasteiger partial charge in [-0.25, -0.2) is 0 Å². The molecular formula is C10H17N. The van der Waals surface area contributed by atoms with Gasteiger partial charge in [-0.15, -0.1) is 0 Å². The third-order valence-corrected chi connectivity index (χ3v) is 1.38. The van der Waals surface area contributed by atoms with Crippen LogP contribution in [-0.2, 0) is 0 Å². The molecule has 0 aromatic carbocycles. The van der Waals surface area contributed by atoms with Crippen LogP contribution in [0.4, 0.5) is 0 Å². The Hall–Kier alpha value is -0.850. The molecule has 0 bridgehead atoms. The van der Waals surface area contributed by atoms with Crippen molar-refractivity contribution < 1.29 is 0 Å². The van der Waals surface area contributed by atoms with Crippen molar-refractivity contribution in [1.82, 2.24) is 0 Å². The van der Waals surface area contributed by atoms with E-state index in [1.807, 2.05) is 25.3 Å². The van der Waals surface area contributed by atoms with Crippen LogP contribution in [0.25, 0.3) is 0 Å². The van der Waals surface area contributed by atoms with Crippen molar-refractivity contribution >= 4 is 6.21 Å². The van der Waals surface area contributed by atoms with E-state index in [9.17, 15) is 0 Å². The number of hydrogen-bond donors (Lipinski definition) is 0. The van der Waals surface area contributed by atoms with Crippen LogP contribution < -0.4 is 0 Å². The molecule has 0 rings (SSSR count). The molecule has 0 spiro atoms. The lowest BCUT2D eigenvalue weighted by atomic mass is 10.1. The van der Waals surface area contributed by atoms with Crippen molar-refractivity contribution in [3.05, 3.63) is 24.3 Å². The predicted molar refractivity (Wildman–Crippen MR) is 52.2 cm³/mol. The highest BCUT2D eigenvalue weighted by atomic mass is 14.7. The standard InChI is InChI=1S/C10H17N/c1-4-7-10(5-2)8-9-11-6-3/h5,8-9H,2,4,6-7H2,1,3H3/b10-8+,11-9?. The average molecular weight is 151 g/mol. The zero-order valence-corrected chi connectivity index (χ0v) is 7.51. The van der Waals surface area contributed by atoms with Gasteiger partial charge in [0.1, 0.15) is 0 Å². The van der Waals surface area contributed by atoms with Crippen molar-refractivity contribution in [3.8, 4) is 0 Å². The Morgan fingerprint density at radius 1 is 1.45 bits per heavy atom. The lowest BCUT2D eigenvalue weighted by molar-refractivity contribution is 0.928. The van der Waals surface area contributed by atoms with Crippen LogP contribution >= 0.6 is 0 Å². The van der Waals surface area contributed by atoms with Crippen LogP contribution in [-0.4, -0.2) is 12.8 Å². The average Bonchev–Trinajstić information content (AvgIpc) is 2.03. The first kappa shape index (κ1) is 10.2. The number of hydrogen-bond acceptors (Lipinski definition) is 1. The highest BCUT2D eigenvalue weighted by molar-refractivity contribution is 5.72. The van der Waals surface area contributed by atoms with Crippen molar-refractivity contribution in [3.63, 3.8) is 0 Å². The van der Waals surface area contributed by atoms with Gasteiger partial charge in [-0.05, 0) is 25.0 Å². The van der Waals surface area contributed by atoms with Crippen molar-refractivity contribution in [1.29, 1.82) is 0 Å². The molecule has 0 aromatic heterocycles. The molecule has 0 aliphatic heterocycles. The van der Waals surface area contributed by atoms with Gasteiger partial charge in [-0.3, -0.25) is 4.99 Å². The summed E-state index contributed by atoms with van der Waals surface area (Å²) >= 11 is 0. The van der Waals surface area contributed by atoms with Crippen molar-refractivity contribution in [2.75, 3.05) is 6.54 Å². The van der Waals surface area contributed by atoms with Gasteiger partial charge >= 0.3 is 0 Å². The van der Waals surface area contributed by atoms with E-state index in [4.69, 9.17) is 0 Å². The first-order valence-electron chi connectivity index (χ1n) is 4.16. The van der Waals surface area contributed by atoms with Gasteiger partial charge in [0.25, 0.3) is 0 Å². The van der Waals surface area contributed by atoms with Gasteiger partial charge in [0.15, 0.2) is 0 Å². The summed E-state index contributed by atoms with van der Waals surface area (Å²) in [6.45, 7) is 8.77. The Balaban J connectivity index is 3.89. The summed E-state index contributed by atoms with van der Waals surface area (Å²) in [5.41, 5.74) is 1.27. The minimum atomic E-state index is 0.854. The summed E-state index contributed by atoms with van der Waals surface area (Å²) in [5, 5.41) is 0. The third kappa shape index (κ3) is 5.59. The van der Waals surface area contributed by atoms with E-state index in [0.717, 1.165) is 19.4 Å². The summed E-state index contributed by atoms with van der Waals surface area (Å²) < 4.78 is 0. The molecule has 11 heavy (non-hydrogen) atoms. The molecule has 0 radical (unpaired) electrons. The van der Waals surface area contributed by atoms with E-state index in [-0.39, 0.29) is 0 Å². The van der Waals surface area contributed by atoms with Crippen LogP contribution in [0, 0.1) is 0 Å². The molecule has 0 aromatic rings. The molecule has 0 saturated carbocycles. The second-order valence-electron chi connectivity index (χ2n) is 2.34. The van der Waals surface area contributed by atoms with E-state index in [0.29, 0.717) is 0 Å². The number of nitrogens with zero attached hydrogens (tertiary/aromatic N) is 1. The van der Waals surface area contributed by atoms with E-state index >= 15 is 0 Å². The van der Waals surface area contributed by atoms with Gasteiger partial charge < -0.3 is 0 Å². The maximum Gasteiger partial charge on any atom is 0.0360 e. The number of aliphatic imine (C=N–C) groups is 1. The van der Waals surface area contributed by atoms with Gasteiger partial charge in [0.2, 0.25) is 0 Å². The normalized spacial score (nSPS) is 12.4. The van der Waals surface area contributed by atoms with Crippen LogP contribution in [0.5, 0.6) is 0 Å². The summed E-state index contributed by atoms with van der Waals surface area (Å²) in [7, 11) is 0. The monoisotopic (exact) mass is 151 g/mol. The lowest BCUT2D eigenvalue weighted by Crippen LogP contribution is -1.78. The first-order valence-corrected chi connectivity index (χ1v) is 4.16. The highest BCUT2D eigenvalue weighted by Gasteiger charge is 1.85. The van der Waals surface area contributed by atoms with Crippen LogP contribution in [0.3, 0.4) is 0 Å². The first-order chi connectivity index (χ1) is 5.35. The van der Waals surface area contributed by atoms with Crippen molar-refractivity contribution in [2.24, 2.45) is 4.99 Å². The zero-order chi connectivity index (χ0) is 8.53. The molecule has 0 unspecified atom stereocenters. The zero-order valence-electron chi connectivity index (χ0n) is 7.51. The topological polar surface area (TPSA) is 12.4 Å². The Bertz CT molecular complexity index is 154. The van der Waals surface area contributed by atoms with Gasteiger partial charge in [0, 0.05) is 12.8 Å². The Morgan fingerprint density at radius 3 is 2.64 bits per heavy atom. The molecule has 0 aliphatic carbocycles. The summed E-state index contributed by atoms with van der Waals surface area (Å²) in [5.74, 6) is 0. The molecule has 62 valence electrons. The highest BCUT2D eigenvalue weighted by Crippen LogP contribution is 2.03. The summed E-state index contributed by atoms with van der Waals surface area (Å²) in [6.07, 6.45) is 8.04. The Kier molecular flexibility index (Phi) is 6.70. The van der Waals surface area contributed by atoms with E-state index in [1.54, 1.807) is 0 Å². The third-order valence-electron chi connectivity index (χ3n) is 1.38. The van der Waals surface area contributed by atoms with Crippen molar-refractivity contribution in [2.45, 2.75) is 26.7 Å². The second-order valence-corrected chi connectivity index (χ2v) is 2.34. The minimum absolute atomic E-state index is 0.854. The molecular weight excluding hydrogens is 134 g/mol. The van der Waals surface area contributed by atoms with Gasteiger partial charge in [-0.1, -0.05) is 26.0 Å².